The fourth-order valence-corrected chi connectivity index (χ4v) is 3.33. The molecule has 1 aliphatic carbocycles. The van der Waals surface area contributed by atoms with Crippen molar-refractivity contribution >= 4 is 11.8 Å². The quantitative estimate of drug-likeness (QED) is 0.927. The predicted octanol–water partition coefficient (Wildman–Crippen LogP) is 2.00. The van der Waals surface area contributed by atoms with Crippen LogP contribution in [-0.2, 0) is 4.79 Å². The Morgan fingerprint density at radius 2 is 1.88 bits per heavy atom. The maximum atomic E-state index is 12.9. The number of pyridine rings is 1. The molecule has 2 aromatic rings. The Kier molecular flexibility index (Phi) is 4.26. The molecule has 0 unspecified atom stereocenters. The van der Waals surface area contributed by atoms with Crippen LogP contribution in [0.15, 0.2) is 42.9 Å². The van der Waals surface area contributed by atoms with Gasteiger partial charge in [0.05, 0.1) is 11.9 Å². The molecule has 2 amide bonds. The van der Waals surface area contributed by atoms with Crippen LogP contribution in [0.5, 0.6) is 0 Å². The average Bonchev–Trinajstić information content (AvgIpc) is 3.34. The van der Waals surface area contributed by atoms with Crippen LogP contribution >= 0.6 is 0 Å². The molecule has 6 heteroatoms. The lowest BCUT2D eigenvalue weighted by molar-refractivity contribution is -0.126. The fourth-order valence-electron chi connectivity index (χ4n) is 3.33. The van der Waals surface area contributed by atoms with Crippen LogP contribution in [0.2, 0.25) is 0 Å². The number of nitrogens with one attached hydrogen (secondary N) is 1. The maximum Gasteiger partial charge on any atom is 0.270 e. The molecular formula is C19H22N4O2. The number of carbonyl (C=O) groups excluding carboxylic acids is 2. The van der Waals surface area contributed by atoms with Gasteiger partial charge in [-0.05, 0) is 49.9 Å². The second-order valence-electron chi connectivity index (χ2n) is 6.82. The van der Waals surface area contributed by atoms with Crippen molar-refractivity contribution in [1.82, 2.24) is 19.8 Å². The Labute approximate surface area is 146 Å². The number of hydrogen-bond acceptors (Lipinski definition) is 3. The van der Waals surface area contributed by atoms with E-state index in [1.807, 2.05) is 39.9 Å². The Bertz CT molecular complexity index is 759. The van der Waals surface area contributed by atoms with Crippen molar-refractivity contribution in [3.8, 4) is 5.69 Å². The number of amides is 2. The van der Waals surface area contributed by atoms with Crippen LogP contribution in [-0.4, -0.2) is 45.4 Å². The largest absolute Gasteiger partial charge is 0.353 e. The number of nitrogens with zero attached hydrogens (tertiary/aromatic N) is 3. The highest BCUT2D eigenvalue weighted by atomic mass is 16.2. The van der Waals surface area contributed by atoms with E-state index in [-0.39, 0.29) is 17.7 Å². The first-order valence-electron chi connectivity index (χ1n) is 8.90. The molecule has 0 radical (unpaired) electrons. The molecule has 1 aliphatic heterocycles. The van der Waals surface area contributed by atoms with E-state index in [4.69, 9.17) is 0 Å². The second kappa shape index (κ2) is 6.70. The molecule has 2 fully saturated rings. The van der Waals surface area contributed by atoms with Crippen LogP contribution in [0.1, 0.15) is 36.2 Å². The molecule has 0 atom stereocenters. The smallest absolute Gasteiger partial charge is 0.270 e. The average molecular weight is 338 g/mol. The van der Waals surface area contributed by atoms with Crippen molar-refractivity contribution in [2.24, 2.45) is 5.92 Å². The zero-order valence-electron chi connectivity index (χ0n) is 14.1. The van der Waals surface area contributed by atoms with Crippen molar-refractivity contribution < 1.29 is 9.59 Å². The van der Waals surface area contributed by atoms with Gasteiger partial charge in [0.1, 0.15) is 5.69 Å². The predicted molar refractivity (Wildman–Crippen MR) is 93.4 cm³/mol. The van der Waals surface area contributed by atoms with Crippen LogP contribution in [0.25, 0.3) is 5.69 Å². The lowest BCUT2D eigenvalue weighted by atomic mass is 9.95. The molecule has 2 aromatic heterocycles. The molecule has 25 heavy (non-hydrogen) atoms. The molecular weight excluding hydrogens is 316 g/mol. The Balaban J connectivity index is 1.41. The Morgan fingerprint density at radius 3 is 2.56 bits per heavy atom. The van der Waals surface area contributed by atoms with Crippen LogP contribution in [0.3, 0.4) is 0 Å². The first-order chi connectivity index (χ1) is 12.2. The molecule has 2 aliphatic rings. The summed E-state index contributed by atoms with van der Waals surface area (Å²) in [5, 5.41) is 3.07. The summed E-state index contributed by atoms with van der Waals surface area (Å²) < 4.78 is 1.86. The monoisotopic (exact) mass is 338 g/mol. The number of piperidine rings is 1. The van der Waals surface area contributed by atoms with Crippen LogP contribution in [0, 0.1) is 5.92 Å². The van der Waals surface area contributed by atoms with Gasteiger partial charge >= 0.3 is 0 Å². The van der Waals surface area contributed by atoms with Gasteiger partial charge in [0.2, 0.25) is 5.91 Å². The van der Waals surface area contributed by atoms with E-state index in [0.29, 0.717) is 24.8 Å². The minimum absolute atomic E-state index is 0.00917. The van der Waals surface area contributed by atoms with Gasteiger partial charge < -0.3 is 14.8 Å². The Hall–Kier alpha value is -2.63. The first kappa shape index (κ1) is 15.9. The number of carbonyl (C=O) groups is 2. The highest BCUT2D eigenvalue weighted by Gasteiger charge is 2.31. The summed E-state index contributed by atoms with van der Waals surface area (Å²) in [4.78, 5) is 31.0. The zero-order valence-corrected chi connectivity index (χ0v) is 14.1. The fraction of sp³-hybridized carbons (Fsp3) is 0.421. The van der Waals surface area contributed by atoms with E-state index in [1.54, 1.807) is 12.4 Å². The highest BCUT2D eigenvalue weighted by molar-refractivity contribution is 5.93. The van der Waals surface area contributed by atoms with E-state index in [2.05, 4.69) is 10.3 Å². The number of aromatic nitrogens is 2. The summed E-state index contributed by atoms with van der Waals surface area (Å²) in [6.07, 6.45) is 9.01. The summed E-state index contributed by atoms with van der Waals surface area (Å²) >= 11 is 0. The molecule has 4 rings (SSSR count). The third-order valence-electron chi connectivity index (χ3n) is 4.97. The van der Waals surface area contributed by atoms with Crippen molar-refractivity contribution in [3.05, 3.63) is 48.5 Å². The second-order valence-corrected chi connectivity index (χ2v) is 6.82. The van der Waals surface area contributed by atoms with Gasteiger partial charge in [0.25, 0.3) is 5.91 Å². The van der Waals surface area contributed by atoms with Gasteiger partial charge in [-0.3, -0.25) is 14.6 Å². The van der Waals surface area contributed by atoms with E-state index in [1.165, 1.54) is 0 Å². The van der Waals surface area contributed by atoms with Gasteiger partial charge in [0, 0.05) is 37.4 Å². The summed E-state index contributed by atoms with van der Waals surface area (Å²) in [5.41, 5.74) is 1.50. The van der Waals surface area contributed by atoms with E-state index >= 15 is 0 Å². The number of likely N-dealkylation sites (tertiary alicyclic amines) is 1. The number of hydrogen-bond donors (Lipinski definition) is 1. The molecule has 3 heterocycles. The lowest BCUT2D eigenvalue weighted by Gasteiger charge is -2.31. The van der Waals surface area contributed by atoms with E-state index in [0.717, 1.165) is 31.4 Å². The molecule has 1 N–H and O–H groups in total. The summed E-state index contributed by atoms with van der Waals surface area (Å²) in [5.74, 6) is 0.206. The molecule has 0 spiro atoms. The molecule has 1 saturated heterocycles. The van der Waals surface area contributed by atoms with Gasteiger partial charge in [-0.2, -0.15) is 0 Å². The minimum Gasteiger partial charge on any atom is -0.353 e. The molecule has 130 valence electrons. The number of rotatable bonds is 4. The van der Waals surface area contributed by atoms with Gasteiger partial charge in [-0.1, -0.05) is 0 Å². The van der Waals surface area contributed by atoms with Crippen molar-refractivity contribution in [2.45, 2.75) is 31.7 Å². The van der Waals surface area contributed by atoms with Crippen molar-refractivity contribution in [2.75, 3.05) is 13.1 Å². The van der Waals surface area contributed by atoms with E-state index in [9.17, 15) is 9.59 Å². The summed E-state index contributed by atoms with van der Waals surface area (Å²) in [6, 6.07) is 7.89. The zero-order chi connectivity index (χ0) is 17.2. The van der Waals surface area contributed by atoms with Crippen molar-refractivity contribution in [3.63, 3.8) is 0 Å². The van der Waals surface area contributed by atoms with Gasteiger partial charge in [-0.15, -0.1) is 0 Å². The first-order valence-corrected chi connectivity index (χ1v) is 8.90. The lowest BCUT2D eigenvalue weighted by Crippen LogP contribution is -2.43. The van der Waals surface area contributed by atoms with E-state index < -0.39 is 0 Å². The third kappa shape index (κ3) is 3.43. The van der Waals surface area contributed by atoms with Gasteiger partial charge in [0.15, 0.2) is 0 Å². The minimum atomic E-state index is 0.00917. The van der Waals surface area contributed by atoms with Crippen LogP contribution in [0.4, 0.5) is 0 Å². The summed E-state index contributed by atoms with van der Waals surface area (Å²) in [6.45, 7) is 1.25. The topological polar surface area (TPSA) is 67.2 Å². The maximum absolute atomic E-state index is 12.9. The molecule has 0 bridgehead atoms. The normalized spacial score (nSPS) is 18.2. The Morgan fingerprint density at radius 1 is 1.08 bits per heavy atom. The third-order valence-corrected chi connectivity index (χ3v) is 4.97. The van der Waals surface area contributed by atoms with Crippen LogP contribution < -0.4 is 5.32 Å². The van der Waals surface area contributed by atoms with Crippen molar-refractivity contribution in [1.29, 1.82) is 0 Å². The van der Waals surface area contributed by atoms with Gasteiger partial charge in [-0.25, -0.2) is 0 Å². The molecule has 6 nitrogen and oxygen atoms in total. The summed E-state index contributed by atoms with van der Waals surface area (Å²) in [7, 11) is 0. The SMILES string of the molecule is O=C(NC1CC1)C1CCN(C(=O)c2cccn2-c2cccnc2)CC1. The molecule has 0 aromatic carbocycles. The molecule has 1 saturated carbocycles. The standard InChI is InChI=1S/C19H22N4O2/c24-18(21-15-5-6-15)14-7-11-22(12-8-14)19(25)17-4-2-10-23(17)16-3-1-9-20-13-16/h1-4,9-10,13-15H,5-8,11-12H2,(H,21,24). The highest BCUT2D eigenvalue weighted by Crippen LogP contribution is 2.24.